The Bertz CT molecular complexity index is 919. The molecule has 7 nitrogen and oxygen atoms in total. The van der Waals surface area contributed by atoms with Gasteiger partial charge in [-0.1, -0.05) is 17.7 Å². The Morgan fingerprint density at radius 1 is 1.07 bits per heavy atom. The summed E-state index contributed by atoms with van der Waals surface area (Å²) < 4.78 is 10.6. The number of pyridine rings is 1. The van der Waals surface area contributed by atoms with Crippen LogP contribution in [-0.4, -0.2) is 35.3 Å². The average molecular weight is 401 g/mol. The van der Waals surface area contributed by atoms with Gasteiger partial charge in [0.25, 0.3) is 0 Å². The summed E-state index contributed by atoms with van der Waals surface area (Å²) in [6.45, 7) is 0. The SMILES string of the molecule is COc1cc(CCc2cc(NC(=O)Cc3ccc(Cl)nc3)n[nH]2)cc(OC)c1. The van der Waals surface area contributed by atoms with Crippen LogP contribution in [0.15, 0.2) is 42.6 Å². The first-order chi connectivity index (χ1) is 13.6. The zero-order valence-electron chi connectivity index (χ0n) is 15.7. The predicted octanol–water partition coefficient (Wildman–Crippen LogP) is 3.44. The van der Waals surface area contributed by atoms with E-state index in [1.165, 1.54) is 0 Å². The van der Waals surface area contributed by atoms with E-state index in [0.717, 1.165) is 41.2 Å². The molecular formula is C20H21ClN4O3. The molecule has 0 unspecified atom stereocenters. The van der Waals surface area contributed by atoms with Crippen molar-refractivity contribution in [2.75, 3.05) is 19.5 Å². The van der Waals surface area contributed by atoms with Gasteiger partial charge in [-0.05, 0) is 42.2 Å². The molecular weight excluding hydrogens is 380 g/mol. The Labute approximate surface area is 168 Å². The third-order valence-corrected chi connectivity index (χ3v) is 4.37. The highest BCUT2D eigenvalue weighted by Crippen LogP contribution is 2.23. The van der Waals surface area contributed by atoms with Crippen LogP contribution in [0.4, 0.5) is 5.82 Å². The molecule has 0 saturated heterocycles. The van der Waals surface area contributed by atoms with E-state index in [4.69, 9.17) is 21.1 Å². The van der Waals surface area contributed by atoms with Crippen molar-refractivity contribution in [2.45, 2.75) is 19.3 Å². The number of halogens is 1. The second kappa shape index (κ2) is 9.23. The van der Waals surface area contributed by atoms with Gasteiger partial charge in [0.15, 0.2) is 5.82 Å². The largest absolute Gasteiger partial charge is 0.497 e. The summed E-state index contributed by atoms with van der Waals surface area (Å²) in [5, 5.41) is 10.3. The van der Waals surface area contributed by atoms with E-state index < -0.39 is 0 Å². The number of aryl methyl sites for hydroxylation is 2. The maximum absolute atomic E-state index is 12.1. The van der Waals surface area contributed by atoms with Crippen LogP contribution in [0.2, 0.25) is 5.15 Å². The number of nitrogens with one attached hydrogen (secondary N) is 2. The van der Waals surface area contributed by atoms with Crippen molar-refractivity contribution in [3.63, 3.8) is 0 Å². The normalized spacial score (nSPS) is 10.5. The van der Waals surface area contributed by atoms with Crippen LogP contribution in [0.5, 0.6) is 11.5 Å². The van der Waals surface area contributed by atoms with Crippen LogP contribution < -0.4 is 14.8 Å². The molecule has 2 aromatic heterocycles. The van der Waals surface area contributed by atoms with Crippen LogP contribution in [0.25, 0.3) is 0 Å². The topological polar surface area (TPSA) is 89.1 Å². The first-order valence-electron chi connectivity index (χ1n) is 8.72. The molecule has 3 rings (SSSR count). The molecule has 0 spiro atoms. The molecule has 0 atom stereocenters. The lowest BCUT2D eigenvalue weighted by Gasteiger charge is -2.08. The molecule has 1 amide bonds. The Kier molecular flexibility index (Phi) is 6.49. The second-order valence-corrected chi connectivity index (χ2v) is 6.60. The summed E-state index contributed by atoms with van der Waals surface area (Å²) in [5.74, 6) is 1.83. The van der Waals surface area contributed by atoms with Crippen LogP contribution in [0, 0.1) is 0 Å². The Balaban J connectivity index is 1.55. The molecule has 0 bridgehead atoms. The number of anilines is 1. The molecule has 0 saturated carbocycles. The lowest BCUT2D eigenvalue weighted by molar-refractivity contribution is -0.115. The minimum atomic E-state index is -0.167. The first kappa shape index (κ1) is 19.7. The minimum Gasteiger partial charge on any atom is -0.497 e. The predicted molar refractivity (Wildman–Crippen MR) is 107 cm³/mol. The van der Waals surface area contributed by atoms with Crippen LogP contribution in [-0.2, 0) is 24.1 Å². The standard InChI is InChI=1S/C20H21ClN4O3/c1-27-16-7-13(8-17(11-16)28-2)3-5-15-10-19(25-24-15)23-20(26)9-14-4-6-18(21)22-12-14/h4,6-8,10-12H,3,5,9H2,1-2H3,(H2,23,24,25,26). The molecule has 2 heterocycles. The second-order valence-electron chi connectivity index (χ2n) is 6.21. The molecule has 28 heavy (non-hydrogen) atoms. The van der Waals surface area contributed by atoms with Crippen molar-refractivity contribution in [1.29, 1.82) is 0 Å². The highest BCUT2D eigenvalue weighted by Gasteiger charge is 2.09. The zero-order valence-corrected chi connectivity index (χ0v) is 16.4. The summed E-state index contributed by atoms with van der Waals surface area (Å²) in [6, 6.07) is 11.0. The lowest BCUT2D eigenvalue weighted by Crippen LogP contribution is -2.14. The summed E-state index contributed by atoms with van der Waals surface area (Å²) in [5.41, 5.74) is 2.79. The number of methoxy groups -OCH3 is 2. The fourth-order valence-electron chi connectivity index (χ4n) is 2.73. The van der Waals surface area contributed by atoms with Crippen molar-refractivity contribution in [3.8, 4) is 11.5 Å². The zero-order chi connectivity index (χ0) is 19.9. The average Bonchev–Trinajstić information content (AvgIpc) is 3.15. The number of nitrogens with zero attached hydrogens (tertiary/aromatic N) is 2. The number of benzene rings is 1. The number of aromatic nitrogens is 3. The van der Waals surface area contributed by atoms with Gasteiger partial charge < -0.3 is 14.8 Å². The number of ether oxygens (including phenoxy) is 2. The molecule has 1 aromatic carbocycles. The van der Waals surface area contributed by atoms with Crippen LogP contribution >= 0.6 is 11.6 Å². The van der Waals surface area contributed by atoms with Crippen molar-refractivity contribution in [2.24, 2.45) is 0 Å². The number of carbonyl (C=O) groups excluding carboxylic acids is 1. The number of aromatic amines is 1. The first-order valence-corrected chi connectivity index (χ1v) is 9.10. The van der Waals surface area contributed by atoms with Crippen molar-refractivity contribution >= 4 is 23.3 Å². The fourth-order valence-corrected chi connectivity index (χ4v) is 2.84. The van der Waals surface area contributed by atoms with Crippen LogP contribution in [0.3, 0.4) is 0 Å². The molecule has 3 aromatic rings. The van der Waals surface area contributed by atoms with E-state index in [1.807, 2.05) is 24.3 Å². The molecule has 0 aliphatic heterocycles. The monoisotopic (exact) mass is 400 g/mol. The number of carbonyl (C=O) groups is 1. The minimum absolute atomic E-state index is 0.167. The smallest absolute Gasteiger partial charge is 0.230 e. The van der Waals surface area contributed by atoms with Crippen molar-refractivity contribution < 1.29 is 14.3 Å². The molecule has 0 aliphatic carbocycles. The van der Waals surface area contributed by atoms with Gasteiger partial charge in [0.2, 0.25) is 5.91 Å². The van der Waals surface area contributed by atoms with Gasteiger partial charge in [0.1, 0.15) is 16.7 Å². The third kappa shape index (κ3) is 5.47. The van der Waals surface area contributed by atoms with E-state index in [1.54, 1.807) is 32.5 Å². The Hall–Kier alpha value is -3.06. The van der Waals surface area contributed by atoms with Gasteiger partial charge in [0.05, 0.1) is 20.6 Å². The number of H-pyrrole nitrogens is 1. The molecule has 0 aliphatic rings. The number of amides is 1. The van der Waals surface area contributed by atoms with Gasteiger partial charge in [-0.2, -0.15) is 5.10 Å². The fraction of sp³-hybridized carbons (Fsp3) is 0.250. The van der Waals surface area contributed by atoms with E-state index >= 15 is 0 Å². The molecule has 2 N–H and O–H groups in total. The highest BCUT2D eigenvalue weighted by molar-refractivity contribution is 6.29. The molecule has 0 fully saturated rings. The summed E-state index contributed by atoms with van der Waals surface area (Å²) in [6.07, 6.45) is 3.30. The third-order valence-electron chi connectivity index (χ3n) is 4.15. The van der Waals surface area contributed by atoms with E-state index in [9.17, 15) is 4.79 Å². The van der Waals surface area contributed by atoms with Crippen molar-refractivity contribution in [3.05, 3.63) is 64.6 Å². The highest BCUT2D eigenvalue weighted by atomic mass is 35.5. The van der Waals surface area contributed by atoms with E-state index in [-0.39, 0.29) is 12.3 Å². The van der Waals surface area contributed by atoms with Gasteiger partial charge in [-0.3, -0.25) is 9.89 Å². The number of hydrogen-bond acceptors (Lipinski definition) is 5. The molecule has 0 radical (unpaired) electrons. The van der Waals surface area contributed by atoms with Gasteiger partial charge in [0, 0.05) is 24.0 Å². The maximum Gasteiger partial charge on any atom is 0.230 e. The van der Waals surface area contributed by atoms with Gasteiger partial charge in [-0.15, -0.1) is 0 Å². The Morgan fingerprint density at radius 2 is 1.82 bits per heavy atom. The Morgan fingerprint density at radius 3 is 2.46 bits per heavy atom. The van der Waals surface area contributed by atoms with E-state index in [2.05, 4.69) is 20.5 Å². The van der Waals surface area contributed by atoms with Crippen molar-refractivity contribution in [1.82, 2.24) is 15.2 Å². The van der Waals surface area contributed by atoms with Crippen LogP contribution in [0.1, 0.15) is 16.8 Å². The molecule has 146 valence electrons. The van der Waals surface area contributed by atoms with Gasteiger partial charge in [-0.25, -0.2) is 4.98 Å². The maximum atomic E-state index is 12.1. The number of hydrogen-bond donors (Lipinski definition) is 2. The lowest BCUT2D eigenvalue weighted by atomic mass is 10.1. The molecule has 8 heteroatoms. The summed E-state index contributed by atoms with van der Waals surface area (Å²) in [7, 11) is 3.25. The summed E-state index contributed by atoms with van der Waals surface area (Å²) in [4.78, 5) is 16.1. The quantitative estimate of drug-likeness (QED) is 0.565. The van der Waals surface area contributed by atoms with Gasteiger partial charge >= 0.3 is 0 Å². The summed E-state index contributed by atoms with van der Waals surface area (Å²) >= 11 is 5.75. The van der Waals surface area contributed by atoms with E-state index in [0.29, 0.717) is 11.0 Å². The number of rotatable bonds is 8.